The van der Waals surface area contributed by atoms with Gasteiger partial charge in [-0.2, -0.15) is 0 Å². The average molecular weight is 268 g/mol. The summed E-state index contributed by atoms with van der Waals surface area (Å²) < 4.78 is 0. The second-order valence-corrected chi connectivity index (χ2v) is 3.80. The predicted octanol–water partition coefficient (Wildman–Crippen LogP) is 3.78. The van der Waals surface area contributed by atoms with Crippen molar-refractivity contribution in [3.63, 3.8) is 0 Å². The number of hydrogen-bond donors (Lipinski definition) is 1. The fourth-order valence-electron chi connectivity index (χ4n) is 1.22. The normalized spacial score (nSPS) is 11.7. The second kappa shape index (κ2) is 7.07. The Morgan fingerprint density at radius 3 is 2.40 bits per heavy atom. The number of pyridine rings is 1. The zero-order chi connectivity index (χ0) is 10.6. The molecule has 1 atom stereocenters. The van der Waals surface area contributed by atoms with Crippen LogP contribution in [0, 0.1) is 0 Å². The molecule has 0 saturated carbocycles. The van der Waals surface area contributed by atoms with E-state index in [1.54, 1.807) is 12.4 Å². The van der Waals surface area contributed by atoms with Gasteiger partial charge in [-0.1, -0.05) is 29.3 Å². The van der Waals surface area contributed by atoms with Crippen LogP contribution in [-0.2, 0) is 0 Å². The minimum atomic E-state index is -0.156. The highest BCUT2D eigenvalue weighted by Gasteiger charge is 2.13. The van der Waals surface area contributed by atoms with Gasteiger partial charge in [0.1, 0.15) is 0 Å². The molecular formula is C10H13Cl3N2. The summed E-state index contributed by atoms with van der Waals surface area (Å²) in [7, 11) is 0. The van der Waals surface area contributed by atoms with Gasteiger partial charge in [0.15, 0.2) is 0 Å². The van der Waals surface area contributed by atoms with E-state index in [-0.39, 0.29) is 18.4 Å². The van der Waals surface area contributed by atoms with Gasteiger partial charge in [0.2, 0.25) is 0 Å². The molecule has 84 valence electrons. The van der Waals surface area contributed by atoms with Gasteiger partial charge in [0.25, 0.3) is 0 Å². The van der Waals surface area contributed by atoms with Gasteiger partial charge in [-0.05, 0) is 12.8 Å². The molecule has 0 aliphatic rings. The van der Waals surface area contributed by atoms with Crippen LogP contribution in [0.5, 0.6) is 0 Å². The van der Waals surface area contributed by atoms with Crippen molar-refractivity contribution in [2.24, 2.45) is 5.73 Å². The Hall–Kier alpha value is -0.280. The number of aromatic nitrogens is 1. The van der Waals surface area contributed by atoms with Crippen molar-refractivity contribution in [1.29, 1.82) is 0 Å². The molecule has 1 aromatic rings. The molecule has 0 amide bonds. The lowest BCUT2D eigenvalue weighted by atomic mass is 10.0. The Morgan fingerprint density at radius 1 is 1.40 bits per heavy atom. The van der Waals surface area contributed by atoms with Crippen molar-refractivity contribution in [3.8, 4) is 0 Å². The molecule has 0 unspecified atom stereocenters. The summed E-state index contributed by atoms with van der Waals surface area (Å²) >= 11 is 11.9. The monoisotopic (exact) mass is 266 g/mol. The molecule has 0 saturated heterocycles. The number of rotatable bonds is 4. The fraction of sp³-hybridized carbons (Fsp3) is 0.300. The molecule has 0 radical (unpaired) electrons. The van der Waals surface area contributed by atoms with Crippen LogP contribution in [0.15, 0.2) is 25.0 Å². The van der Waals surface area contributed by atoms with Crippen molar-refractivity contribution < 1.29 is 0 Å². The van der Waals surface area contributed by atoms with Crippen LogP contribution < -0.4 is 5.73 Å². The molecule has 0 spiro atoms. The summed E-state index contributed by atoms with van der Waals surface area (Å²) in [4.78, 5) is 3.87. The summed E-state index contributed by atoms with van der Waals surface area (Å²) in [5, 5.41) is 1.04. The number of nitrogens with zero attached hydrogens (tertiary/aromatic N) is 1. The third kappa shape index (κ3) is 3.99. The lowest BCUT2D eigenvalue weighted by molar-refractivity contribution is 0.661. The van der Waals surface area contributed by atoms with Crippen molar-refractivity contribution >= 4 is 35.6 Å². The molecule has 1 rings (SSSR count). The van der Waals surface area contributed by atoms with Crippen LogP contribution in [0.3, 0.4) is 0 Å². The van der Waals surface area contributed by atoms with Gasteiger partial charge in [0.05, 0.1) is 10.0 Å². The van der Waals surface area contributed by atoms with Gasteiger partial charge in [-0.25, -0.2) is 0 Å². The molecule has 5 heteroatoms. The van der Waals surface area contributed by atoms with Crippen LogP contribution in [-0.4, -0.2) is 4.98 Å². The molecule has 0 bridgehead atoms. The zero-order valence-electron chi connectivity index (χ0n) is 8.12. The van der Waals surface area contributed by atoms with E-state index in [2.05, 4.69) is 11.6 Å². The SMILES string of the molecule is C=CCC[C@@H](N)c1c(Cl)cncc1Cl.Cl. The van der Waals surface area contributed by atoms with Gasteiger partial charge < -0.3 is 5.73 Å². The third-order valence-corrected chi connectivity index (χ3v) is 2.55. The van der Waals surface area contributed by atoms with Crippen LogP contribution in [0.25, 0.3) is 0 Å². The molecule has 2 N–H and O–H groups in total. The third-order valence-electron chi connectivity index (χ3n) is 1.94. The highest BCUT2D eigenvalue weighted by atomic mass is 35.5. The van der Waals surface area contributed by atoms with E-state index >= 15 is 0 Å². The Kier molecular flexibility index (Phi) is 6.94. The zero-order valence-corrected chi connectivity index (χ0v) is 10.4. The number of nitrogens with two attached hydrogens (primary N) is 1. The lowest BCUT2D eigenvalue weighted by Gasteiger charge is -2.13. The summed E-state index contributed by atoms with van der Waals surface area (Å²) in [6.45, 7) is 3.64. The van der Waals surface area contributed by atoms with Crippen LogP contribution in [0.1, 0.15) is 24.4 Å². The van der Waals surface area contributed by atoms with E-state index in [9.17, 15) is 0 Å². The largest absolute Gasteiger partial charge is 0.324 e. The molecular weight excluding hydrogens is 254 g/mol. The Labute approximate surface area is 106 Å². The smallest absolute Gasteiger partial charge is 0.0651 e. The van der Waals surface area contributed by atoms with E-state index in [1.807, 2.05) is 6.08 Å². The molecule has 0 fully saturated rings. The summed E-state index contributed by atoms with van der Waals surface area (Å²) in [6, 6.07) is -0.156. The quantitative estimate of drug-likeness (QED) is 0.843. The number of halogens is 3. The van der Waals surface area contributed by atoms with Crippen molar-refractivity contribution in [1.82, 2.24) is 4.98 Å². The molecule has 15 heavy (non-hydrogen) atoms. The fourth-order valence-corrected chi connectivity index (χ4v) is 1.86. The lowest BCUT2D eigenvalue weighted by Crippen LogP contribution is -2.11. The van der Waals surface area contributed by atoms with Crippen molar-refractivity contribution in [2.75, 3.05) is 0 Å². The molecule has 1 aromatic heterocycles. The Bertz CT molecular complexity index is 308. The van der Waals surface area contributed by atoms with Gasteiger partial charge >= 0.3 is 0 Å². The average Bonchev–Trinajstić information content (AvgIpc) is 2.14. The topological polar surface area (TPSA) is 38.9 Å². The first-order chi connectivity index (χ1) is 6.66. The first kappa shape index (κ1) is 14.7. The first-order valence-corrected chi connectivity index (χ1v) is 5.07. The molecule has 0 aliphatic heterocycles. The maximum Gasteiger partial charge on any atom is 0.0651 e. The highest BCUT2D eigenvalue weighted by molar-refractivity contribution is 6.35. The molecule has 2 nitrogen and oxygen atoms in total. The van der Waals surface area contributed by atoms with E-state index in [1.165, 1.54) is 0 Å². The van der Waals surface area contributed by atoms with Crippen molar-refractivity contribution in [3.05, 3.63) is 40.7 Å². The Morgan fingerprint density at radius 2 is 1.93 bits per heavy atom. The standard InChI is InChI=1S/C10H12Cl2N2.ClH/c1-2-3-4-9(13)10-7(11)5-14-6-8(10)12;/h2,5-6,9H,1,3-4,13H2;1H/t9-;/m1./s1. The molecule has 1 heterocycles. The van der Waals surface area contributed by atoms with E-state index in [0.717, 1.165) is 18.4 Å². The summed E-state index contributed by atoms with van der Waals surface area (Å²) in [6.07, 6.45) is 6.55. The maximum atomic E-state index is 5.95. The first-order valence-electron chi connectivity index (χ1n) is 4.32. The van der Waals surface area contributed by atoms with Crippen LogP contribution >= 0.6 is 35.6 Å². The number of hydrogen-bond acceptors (Lipinski definition) is 2. The highest BCUT2D eigenvalue weighted by Crippen LogP contribution is 2.30. The second-order valence-electron chi connectivity index (χ2n) is 2.99. The predicted molar refractivity (Wildman–Crippen MR) is 67.9 cm³/mol. The molecule has 0 aliphatic carbocycles. The van der Waals surface area contributed by atoms with Gasteiger partial charge in [0, 0.05) is 24.0 Å². The summed E-state index contributed by atoms with van der Waals surface area (Å²) in [5.41, 5.74) is 6.71. The van der Waals surface area contributed by atoms with Crippen LogP contribution in [0.4, 0.5) is 0 Å². The molecule has 0 aromatic carbocycles. The van der Waals surface area contributed by atoms with E-state index in [4.69, 9.17) is 28.9 Å². The minimum absolute atomic E-state index is 0. The van der Waals surface area contributed by atoms with E-state index in [0.29, 0.717) is 10.0 Å². The van der Waals surface area contributed by atoms with E-state index < -0.39 is 0 Å². The maximum absolute atomic E-state index is 5.95. The minimum Gasteiger partial charge on any atom is -0.324 e. The Balaban J connectivity index is 0.00000196. The van der Waals surface area contributed by atoms with Gasteiger partial charge in [-0.3, -0.25) is 4.98 Å². The number of allylic oxidation sites excluding steroid dienone is 1. The summed E-state index contributed by atoms with van der Waals surface area (Å²) in [5.74, 6) is 0. The van der Waals surface area contributed by atoms with Crippen molar-refractivity contribution in [2.45, 2.75) is 18.9 Å². The van der Waals surface area contributed by atoms with Gasteiger partial charge in [-0.15, -0.1) is 19.0 Å². The van der Waals surface area contributed by atoms with Crippen LogP contribution in [0.2, 0.25) is 10.0 Å².